The van der Waals surface area contributed by atoms with E-state index < -0.39 is 47.9 Å². The van der Waals surface area contributed by atoms with Crippen LogP contribution in [0.2, 0.25) is 0 Å². The molecule has 3 aromatic carbocycles. The number of amides is 3. The van der Waals surface area contributed by atoms with E-state index in [0.29, 0.717) is 5.56 Å². The van der Waals surface area contributed by atoms with Gasteiger partial charge in [0.1, 0.15) is 23.9 Å². The highest BCUT2D eigenvalue weighted by Gasteiger charge is 2.31. The zero-order valence-electron chi connectivity index (χ0n) is 23.6. The Morgan fingerprint density at radius 3 is 1.91 bits per heavy atom. The number of phenolic OH excluding ortho intramolecular Hbond substituents is 1. The van der Waals surface area contributed by atoms with Gasteiger partial charge in [0.2, 0.25) is 17.7 Å². The van der Waals surface area contributed by atoms with E-state index in [-0.39, 0.29) is 25.0 Å². The van der Waals surface area contributed by atoms with Crippen LogP contribution in [0.4, 0.5) is 0 Å². The summed E-state index contributed by atoms with van der Waals surface area (Å²) in [6.07, 6.45) is 1.91. The maximum atomic E-state index is 13.7. The number of rotatable bonds is 13. The summed E-state index contributed by atoms with van der Waals surface area (Å²) in [5.74, 6) is -3.09. The second-order valence-corrected chi connectivity index (χ2v) is 10.4. The lowest BCUT2D eigenvalue weighted by molar-refractivity contribution is -0.142. The molecule has 0 saturated heterocycles. The van der Waals surface area contributed by atoms with Crippen molar-refractivity contribution in [2.75, 3.05) is 0 Å². The molecule has 0 aliphatic heterocycles. The van der Waals surface area contributed by atoms with Crippen LogP contribution < -0.4 is 21.7 Å². The van der Waals surface area contributed by atoms with E-state index in [9.17, 15) is 29.4 Å². The fourth-order valence-electron chi connectivity index (χ4n) is 4.70. The summed E-state index contributed by atoms with van der Waals surface area (Å²) in [5.41, 5.74) is 8.75. The number of aromatic nitrogens is 1. The number of nitrogens with two attached hydrogens (primary N) is 1. The van der Waals surface area contributed by atoms with Crippen LogP contribution in [-0.2, 0) is 38.4 Å². The molecule has 0 spiro atoms. The lowest BCUT2D eigenvalue weighted by Crippen LogP contribution is -2.58. The summed E-state index contributed by atoms with van der Waals surface area (Å²) in [5, 5.41) is 28.2. The molecular formula is C32H35N5O6. The average Bonchev–Trinajstić information content (AvgIpc) is 3.40. The summed E-state index contributed by atoms with van der Waals surface area (Å²) in [6, 6.07) is 18.1. The molecule has 11 nitrogen and oxygen atoms in total. The number of carbonyl (C=O) groups is 4. The van der Waals surface area contributed by atoms with E-state index in [4.69, 9.17) is 5.73 Å². The van der Waals surface area contributed by atoms with Gasteiger partial charge in [-0.2, -0.15) is 0 Å². The molecule has 0 aliphatic rings. The monoisotopic (exact) mass is 585 g/mol. The molecule has 0 fully saturated rings. The lowest BCUT2D eigenvalue weighted by atomic mass is 10.0. The first-order chi connectivity index (χ1) is 20.6. The quantitative estimate of drug-likeness (QED) is 0.125. The Morgan fingerprint density at radius 2 is 1.26 bits per heavy atom. The second-order valence-electron chi connectivity index (χ2n) is 10.4. The Labute approximate surface area is 248 Å². The van der Waals surface area contributed by atoms with Crippen LogP contribution in [0, 0.1) is 0 Å². The predicted octanol–water partition coefficient (Wildman–Crippen LogP) is 1.79. The summed E-state index contributed by atoms with van der Waals surface area (Å²) in [6.45, 7) is 1.50. The number of para-hydroxylation sites is 1. The molecule has 3 amide bonds. The van der Waals surface area contributed by atoms with Crippen LogP contribution in [0.5, 0.6) is 5.75 Å². The van der Waals surface area contributed by atoms with Gasteiger partial charge in [0.05, 0.1) is 6.04 Å². The fourth-order valence-corrected chi connectivity index (χ4v) is 4.70. The Kier molecular flexibility index (Phi) is 10.1. The third-order valence-corrected chi connectivity index (χ3v) is 7.05. The van der Waals surface area contributed by atoms with Crippen molar-refractivity contribution >= 4 is 34.6 Å². The van der Waals surface area contributed by atoms with E-state index in [1.54, 1.807) is 42.6 Å². The summed E-state index contributed by atoms with van der Waals surface area (Å²) in [4.78, 5) is 55.1. The van der Waals surface area contributed by atoms with Gasteiger partial charge in [-0.05, 0) is 41.8 Å². The molecule has 224 valence electrons. The van der Waals surface area contributed by atoms with Gasteiger partial charge < -0.3 is 36.9 Å². The van der Waals surface area contributed by atoms with Crippen LogP contribution in [0.3, 0.4) is 0 Å². The zero-order valence-corrected chi connectivity index (χ0v) is 23.6. The molecule has 8 N–H and O–H groups in total. The molecule has 1 aromatic heterocycles. The van der Waals surface area contributed by atoms with Crippen molar-refractivity contribution in [3.63, 3.8) is 0 Å². The number of fused-ring (bicyclic) bond motifs is 1. The third-order valence-electron chi connectivity index (χ3n) is 7.05. The number of aromatic hydroxyl groups is 1. The highest BCUT2D eigenvalue weighted by Crippen LogP contribution is 2.19. The Morgan fingerprint density at radius 1 is 0.721 bits per heavy atom. The van der Waals surface area contributed by atoms with Crippen molar-refractivity contribution in [3.05, 3.63) is 102 Å². The number of carboxylic acid groups (broad SMARTS) is 1. The lowest BCUT2D eigenvalue weighted by Gasteiger charge is -2.25. The minimum Gasteiger partial charge on any atom is -0.508 e. The van der Waals surface area contributed by atoms with Gasteiger partial charge in [-0.1, -0.05) is 60.7 Å². The standard InChI is InChI=1S/C32H35N5O6/c1-19(33)29(39)35-27(17-22-18-34-25-10-6-5-9-24(22)25)31(41)36-26(15-20-7-3-2-4-8-20)30(40)37-28(32(42)43)16-21-11-13-23(38)14-12-21/h2-14,18-19,26-28,34,38H,15-17,33H2,1H3,(H,35,39)(H,36,41)(H,37,40)(H,42,43). The average molecular weight is 586 g/mol. The van der Waals surface area contributed by atoms with Crippen molar-refractivity contribution in [1.29, 1.82) is 0 Å². The van der Waals surface area contributed by atoms with E-state index >= 15 is 0 Å². The number of hydrogen-bond donors (Lipinski definition) is 7. The number of benzene rings is 3. The van der Waals surface area contributed by atoms with Crippen LogP contribution in [0.15, 0.2) is 85.1 Å². The molecule has 4 atom stereocenters. The molecule has 43 heavy (non-hydrogen) atoms. The van der Waals surface area contributed by atoms with Crippen molar-refractivity contribution in [3.8, 4) is 5.75 Å². The minimum absolute atomic E-state index is 0.0311. The maximum Gasteiger partial charge on any atom is 0.326 e. The normalized spacial score (nSPS) is 13.8. The molecular weight excluding hydrogens is 550 g/mol. The summed E-state index contributed by atoms with van der Waals surface area (Å²) in [7, 11) is 0. The van der Waals surface area contributed by atoms with Gasteiger partial charge in [0.25, 0.3) is 0 Å². The van der Waals surface area contributed by atoms with Gasteiger partial charge >= 0.3 is 5.97 Å². The van der Waals surface area contributed by atoms with Crippen LogP contribution in [-0.4, -0.2) is 63.1 Å². The number of carboxylic acids is 1. The number of hydrogen-bond acceptors (Lipinski definition) is 6. The molecule has 4 unspecified atom stereocenters. The molecule has 0 aliphatic carbocycles. The first-order valence-electron chi connectivity index (χ1n) is 13.9. The predicted molar refractivity (Wildman–Crippen MR) is 161 cm³/mol. The maximum absolute atomic E-state index is 13.7. The third kappa shape index (κ3) is 8.43. The largest absolute Gasteiger partial charge is 0.508 e. The number of aliphatic carboxylic acids is 1. The number of carbonyl (C=O) groups excluding carboxylic acids is 3. The molecule has 0 radical (unpaired) electrons. The molecule has 0 bridgehead atoms. The summed E-state index contributed by atoms with van der Waals surface area (Å²) < 4.78 is 0. The van der Waals surface area contributed by atoms with Gasteiger partial charge in [-0.15, -0.1) is 0 Å². The van der Waals surface area contributed by atoms with E-state index in [2.05, 4.69) is 20.9 Å². The number of H-pyrrole nitrogens is 1. The van der Waals surface area contributed by atoms with Crippen LogP contribution in [0.25, 0.3) is 10.9 Å². The van der Waals surface area contributed by atoms with Crippen molar-refractivity contribution in [2.45, 2.75) is 50.4 Å². The van der Waals surface area contributed by atoms with Gasteiger partial charge in [-0.25, -0.2) is 4.79 Å². The summed E-state index contributed by atoms with van der Waals surface area (Å²) >= 11 is 0. The highest BCUT2D eigenvalue weighted by atomic mass is 16.4. The van der Waals surface area contributed by atoms with E-state index in [1.807, 2.05) is 30.3 Å². The molecule has 4 rings (SSSR count). The van der Waals surface area contributed by atoms with Crippen molar-refractivity contribution < 1.29 is 29.4 Å². The molecule has 1 heterocycles. The minimum atomic E-state index is -1.30. The van der Waals surface area contributed by atoms with Crippen molar-refractivity contribution in [1.82, 2.24) is 20.9 Å². The zero-order chi connectivity index (χ0) is 30.9. The smallest absolute Gasteiger partial charge is 0.326 e. The number of nitrogens with one attached hydrogen (secondary N) is 4. The molecule has 0 saturated carbocycles. The van der Waals surface area contributed by atoms with E-state index in [0.717, 1.165) is 22.0 Å². The van der Waals surface area contributed by atoms with Gasteiger partial charge in [-0.3, -0.25) is 14.4 Å². The molecule has 4 aromatic rings. The Hall–Kier alpha value is -5.16. The van der Waals surface area contributed by atoms with Gasteiger partial charge in [0.15, 0.2) is 0 Å². The van der Waals surface area contributed by atoms with Gasteiger partial charge in [0, 0.05) is 36.4 Å². The van der Waals surface area contributed by atoms with Crippen LogP contribution in [0.1, 0.15) is 23.6 Å². The highest BCUT2D eigenvalue weighted by molar-refractivity contribution is 5.95. The Balaban J connectivity index is 1.57. The van der Waals surface area contributed by atoms with Crippen molar-refractivity contribution in [2.24, 2.45) is 5.73 Å². The topological polar surface area (TPSA) is 187 Å². The molecule has 11 heteroatoms. The Bertz CT molecular complexity index is 1570. The SMILES string of the molecule is CC(N)C(=O)NC(Cc1c[nH]c2ccccc12)C(=O)NC(Cc1ccccc1)C(=O)NC(Cc1ccc(O)cc1)C(=O)O. The fraction of sp³-hybridized carbons (Fsp3) is 0.250. The van der Waals surface area contributed by atoms with E-state index in [1.165, 1.54) is 19.1 Å². The number of phenols is 1. The second kappa shape index (κ2) is 14.1. The van der Waals surface area contributed by atoms with Crippen LogP contribution >= 0.6 is 0 Å². The first-order valence-corrected chi connectivity index (χ1v) is 13.9. The number of aromatic amines is 1. The first kappa shape index (κ1) is 30.8.